The van der Waals surface area contributed by atoms with Crippen molar-refractivity contribution in [3.8, 4) is 0 Å². The summed E-state index contributed by atoms with van der Waals surface area (Å²) in [4.78, 5) is 11.7. The Kier molecular flexibility index (Phi) is 4.61. The lowest BCUT2D eigenvalue weighted by molar-refractivity contribution is 0.0698. The smallest absolute Gasteiger partial charge is 0.336 e. The molecule has 0 saturated heterocycles. The molecular weight excluding hydrogens is 268 g/mol. The van der Waals surface area contributed by atoms with Gasteiger partial charge in [0.2, 0.25) is 0 Å². The molecule has 4 heteroatoms. The number of carboxylic acids is 1. The molecule has 0 radical (unpaired) electrons. The molecule has 0 aliphatic rings. The van der Waals surface area contributed by atoms with Gasteiger partial charge >= 0.3 is 5.97 Å². The molecule has 0 saturated carbocycles. The summed E-state index contributed by atoms with van der Waals surface area (Å²) in [6.45, 7) is 0. The Morgan fingerprint density at radius 1 is 1.05 bits per heavy atom. The van der Waals surface area contributed by atoms with Crippen LogP contribution in [0.25, 0.3) is 10.8 Å². The molecule has 0 atom stereocenters. The van der Waals surface area contributed by atoms with E-state index in [0.717, 1.165) is 23.5 Å². The fourth-order valence-electron chi connectivity index (χ4n) is 2.46. The summed E-state index contributed by atoms with van der Waals surface area (Å²) in [6.07, 6.45) is 5.66. The zero-order valence-corrected chi connectivity index (χ0v) is 11.4. The topological polar surface area (TPSA) is 77.8 Å². The van der Waals surface area contributed by atoms with Crippen molar-refractivity contribution in [1.29, 1.82) is 0 Å². The number of allylic oxidation sites excluding steroid dienone is 2. The molecule has 2 aromatic carbocycles. The average molecular weight is 284 g/mol. The SMILES string of the molecule is O=C(O)c1c(CC=CO)c(CC=CO)cc2ccccc12. The van der Waals surface area contributed by atoms with Gasteiger partial charge in [-0.15, -0.1) is 0 Å². The standard InChI is InChI=1S/C17H16O4/c18-9-3-6-13-11-12-5-1-2-7-14(12)16(17(20)21)15(13)8-4-10-19/h1-5,7,9-11,18-19H,6,8H2,(H,20,21). The molecule has 0 aromatic heterocycles. The van der Waals surface area contributed by atoms with Gasteiger partial charge in [-0.3, -0.25) is 0 Å². The Morgan fingerprint density at radius 3 is 2.38 bits per heavy atom. The molecule has 0 fully saturated rings. The zero-order chi connectivity index (χ0) is 15.2. The van der Waals surface area contributed by atoms with Crippen LogP contribution in [0.15, 0.2) is 55.0 Å². The van der Waals surface area contributed by atoms with Gasteiger partial charge in [-0.1, -0.05) is 30.3 Å². The summed E-state index contributed by atoms with van der Waals surface area (Å²) in [6, 6.07) is 9.21. The van der Waals surface area contributed by atoms with Crippen molar-refractivity contribution < 1.29 is 20.1 Å². The van der Waals surface area contributed by atoms with E-state index < -0.39 is 5.97 Å². The highest BCUT2D eigenvalue weighted by molar-refractivity contribution is 6.05. The van der Waals surface area contributed by atoms with E-state index >= 15 is 0 Å². The first-order valence-electron chi connectivity index (χ1n) is 6.54. The molecule has 2 aromatic rings. The first kappa shape index (κ1) is 14.7. The van der Waals surface area contributed by atoms with Crippen molar-refractivity contribution in [3.63, 3.8) is 0 Å². The predicted molar refractivity (Wildman–Crippen MR) is 81.9 cm³/mol. The normalized spacial score (nSPS) is 11.6. The number of aliphatic hydroxyl groups excluding tert-OH is 2. The van der Waals surface area contributed by atoms with E-state index in [1.807, 2.05) is 18.2 Å². The Morgan fingerprint density at radius 2 is 1.71 bits per heavy atom. The molecule has 0 bridgehead atoms. The van der Waals surface area contributed by atoms with E-state index in [4.69, 9.17) is 10.2 Å². The van der Waals surface area contributed by atoms with Crippen LogP contribution >= 0.6 is 0 Å². The van der Waals surface area contributed by atoms with Gasteiger partial charge in [0.15, 0.2) is 0 Å². The molecule has 0 amide bonds. The van der Waals surface area contributed by atoms with Crippen LogP contribution < -0.4 is 0 Å². The van der Waals surface area contributed by atoms with Gasteiger partial charge in [-0.2, -0.15) is 0 Å². The lowest BCUT2D eigenvalue weighted by Gasteiger charge is -2.13. The van der Waals surface area contributed by atoms with Gasteiger partial charge < -0.3 is 15.3 Å². The molecule has 0 aliphatic heterocycles. The van der Waals surface area contributed by atoms with Crippen molar-refractivity contribution >= 4 is 16.7 Å². The van der Waals surface area contributed by atoms with Crippen molar-refractivity contribution in [2.24, 2.45) is 0 Å². The number of fused-ring (bicyclic) bond motifs is 1. The Bertz CT molecular complexity index is 714. The summed E-state index contributed by atoms with van der Waals surface area (Å²) < 4.78 is 0. The first-order chi connectivity index (χ1) is 10.2. The largest absolute Gasteiger partial charge is 0.516 e. The molecule has 108 valence electrons. The van der Waals surface area contributed by atoms with E-state index in [1.54, 1.807) is 18.2 Å². The number of carbonyl (C=O) groups is 1. The molecule has 0 aliphatic carbocycles. The average Bonchev–Trinajstić information content (AvgIpc) is 2.49. The molecular formula is C17H16O4. The third-order valence-electron chi connectivity index (χ3n) is 3.33. The summed E-state index contributed by atoms with van der Waals surface area (Å²) in [5, 5.41) is 28.8. The second-order valence-corrected chi connectivity index (χ2v) is 4.59. The predicted octanol–water partition coefficient (Wildman–Crippen LogP) is 3.77. The summed E-state index contributed by atoms with van der Waals surface area (Å²) in [7, 11) is 0. The van der Waals surface area contributed by atoms with E-state index in [0.29, 0.717) is 23.8 Å². The molecule has 0 unspecified atom stereocenters. The number of benzene rings is 2. The fourth-order valence-corrected chi connectivity index (χ4v) is 2.46. The number of hydrogen-bond donors (Lipinski definition) is 3. The van der Waals surface area contributed by atoms with Crippen LogP contribution in [-0.4, -0.2) is 21.3 Å². The number of aromatic carboxylic acids is 1. The van der Waals surface area contributed by atoms with Crippen molar-refractivity contribution in [1.82, 2.24) is 0 Å². The third-order valence-corrected chi connectivity index (χ3v) is 3.33. The summed E-state index contributed by atoms with van der Waals surface area (Å²) >= 11 is 0. The van der Waals surface area contributed by atoms with Crippen LogP contribution in [0.4, 0.5) is 0 Å². The Labute approximate surface area is 122 Å². The lowest BCUT2D eigenvalue weighted by atomic mass is 9.90. The van der Waals surface area contributed by atoms with E-state index in [2.05, 4.69) is 0 Å². The monoisotopic (exact) mass is 284 g/mol. The lowest BCUT2D eigenvalue weighted by Crippen LogP contribution is -2.07. The van der Waals surface area contributed by atoms with Crippen LogP contribution in [-0.2, 0) is 12.8 Å². The molecule has 3 N–H and O–H groups in total. The van der Waals surface area contributed by atoms with Crippen LogP contribution in [0.3, 0.4) is 0 Å². The molecule has 4 nitrogen and oxygen atoms in total. The van der Waals surface area contributed by atoms with Crippen LogP contribution in [0.5, 0.6) is 0 Å². The number of hydrogen-bond acceptors (Lipinski definition) is 3. The minimum atomic E-state index is -0.998. The highest BCUT2D eigenvalue weighted by Crippen LogP contribution is 2.27. The molecule has 0 heterocycles. The van der Waals surface area contributed by atoms with Crippen LogP contribution in [0.2, 0.25) is 0 Å². The summed E-state index contributed by atoms with van der Waals surface area (Å²) in [5.41, 5.74) is 1.70. The minimum absolute atomic E-state index is 0.243. The molecule has 21 heavy (non-hydrogen) atoms. The second kappa shape index (κ2) is 6.61. The maximum Gasteiger partial charge on any atom is 0.336 e. The van der Waals surface area contributed by atoms with Gasteiger partial charge in [0.25, 0.3) is 0 Å². The Balaban J connectivity index is 2.76. The van der Waals surface area contributed by atoms with E-state index in [1.165, 1.54) is 6.08 Å². The van der Waals surface area contributed by atoms with Gasteiger partial charge in [0, 0.05) is 0 Å². The van der Waals surface area contributed by atoms with E-state index in [9.17, 15) is 9.90 Å². The maximum atomic E-state index is 11.7. The minimum Gasteiger partial charge on any atom is -0.516 e. The van der Waals surface area contributed by atoms with Crippen molar-refractivity contribution in [2.75, 3.05) is 0 Å². The van der Waals surface area contributed by atoms with Crippen LogP contribution in [0, 0.1) is 0 Å². The highest BCUT2D eigenvalue weighted by atomic mass is 16.4. The van der Waals surface area contributed by atoms with E-state index in [-0.39, 0.29) is 5.56 Å². The van der Waals surface area contributed by atoms with Crippen molar-refractivity contribution in [3.05, 3.63) is 71.7 Å². The van der Waals surface area contributed by atoms with Gasteiger partial charge in [0.05, 0.1) is 18.1 Å². The van der Waals surface area contributed by atoms with Gasteiger partial charge in [0.1, 0.15) is 0 Å². The van der Waals surface area contributed by atoms with Gasteiger partial charge in [-0.25, -0.2) is 4.79 Å². The number of aliphatic hydroxyl groups is 2. The number of carboxylic acid groups (broad SMARTS) is 1. The third kappa shape index (κ3) is 3.05. The highest BCUT2D eigenvalue weighted by Gasteiger charge is 2.17. The zero-order valence-electron chi connectivity index (χ0n) is 11.4. The Hall–Kier alpha value is -2.75. The second-order valence-electron chi connectivity index (χ2n) is 4.59. The maximum absolute atomic E-state index is 11.7. The van der Waals surface area contributed by atoms with Crippen molar-refractivity contribution in [2.45, 2.75) is 12.8 Å². The summed E-state index contributed by atoms with van der Waals surface area (Å²) in [5.74, 6) is -0.998. The van der Waals surface area contributed by atoms with Gasteiger partial charge in [-0.05, 0) is 46.9 Å². The first-order valence-corrected chi connectivity index (χ1v) is 6.54. The quantitative estimate of drug-likeness (QED) is 0.730. The van der Waals surface area contributed by atoms with Crippen LogP contribution in [0.1, 0.15) is 21.5 Å². The molecule has 0 spiro atoms. The molecule has 2 rings (SSSR count). The number of rotatable bonds is 5. The fraction of sp³-hybridized carbons (Fsp3) is 0.118.